The van der Waals surface area contributed by atoms with Crippen LogP contribution in [0.2, 0.25) is 0 Å². The predicted molar refractivity (Wildman–Crippen MR) is 132 cm³/mol. The van der Waals surface area contributed by atoms with E-state index in [1.807, 2.05) is 13.8 Å². The maximum atomic E-state index is 11.7. The fourth-order valence-corrected chi connectivity index (χ4v) is 3.12. The van der Waals surface area contributed by atoms with Crippen LogP contribution >= 0.6 is 0 Å². The number of unbranched alkanes of at least 4 members (excludes halogenated alkanes) is 1. The van der Waals surface area contributed by atoms with E-state index in [1.165, 1.54) is 0 Å². The maximum absolute atomic E-state index is 11.7. The summed E-state index contributed by atoms with van der Waals surface area (Å²) in [6.45, 7) is 8.50. The van der Waals surface area contributed by atoms with Crippen LogP contribution in [-0.2, 0) is 38.1 Å². The molecule has 35 heavy (non-hydrogen) atoms. The second-order valence-corrected chi connectivity index (χ2v) is 8.24. The van der Waals surface area contributed by atoms with Crippen LogP contribution in [0.15, 0.2) is 0 Å². The normalized spacial score (nSPS) is 11.7. The highest BCUT2D eigenvalue weighted by atomic mass is 16.5. The van der Waals surface area contributed by atoms with E-state index in [-0.39, 0.29) is 49.1 Å². The van der Waals surface area contributed by atoms with E-state index in [9.17, 15) is 19.2 Å². The quantitative estimate of drug-likeness (QED) is 0.181. The lowest BCUT2D eigenvalue weighted by molar-refractivity contribution is -0.127. The molecule has 0 saturated heterocycles. The third-order valence-corrected chi connectivity index (χ3v) is 5.29. The van der Waals surface area contributed by atoms with Gasteiger partial charge in [0.1, 0.15) is 24.8 Å². The van der Waals surface area contributed by atoms with Gasteiger partial charge in [-0.25, -0.2) is 0 Å². The van der Waals surface area contributed by atoms with Crippen molar-refractivity contribution in [2.75, 3.05) is 65.9 Å². The average Bonchev–Trinajstić information content (AvgIpc) is 2.84. The number of carbonyl (C=O) groups excluding carboxylic acids is 4. The number of amides is 2. The first-order chi connectivity index (χ1) is 16.9. The Morgan fingerprint density at radius 1 is 0.686 bits per heavy atom. The molecule has 2 N–H and O–H groups in total. The van der Waals surface area contributed by atoms with Crippen LogP contribution in [0.25, 0.3) is 0 Å². The zero-order chi connectivity index (χ0) is 26.2. The van der Waals surface area contributed by atoms with Gasteiger partial charge < -0.3 is 29.6 Å². The summed E-state index contributed by atoms with van der Waals surface area (Å²) in [5.74, 6) is 0.182. The van der Waals surface area contributed by atoms with Crippen LogP contribution in [0, 0.1) is 5.92 Å². The van der Waals surface area contributed by atoms with Crippen molar-refractivity contribution in [3.8, 4) is 0 Å². The molecule has 10 nitrogen and oxygen atoms in total. The molecule has 0 aromatic heterocycles. The molecule has 0 fully saturated rings. The van der Waals surface area contributed by atoms with Crippen molar-refractivity contribution < 1.29 is 38.1 Å². The van der Waals surface area contributed by atoms with Gasteiger partial charge in [-0.15, -0.1) is 0 Å². The van der Waals surface area contributed by atoms with Gasteiger partial charge in [-0.2, -0.15) is 0 Å². The molecule has 0 aliphatic heterocycles. The van der Waals surface area contributed by atoms with Crippen molar-refractivity contribution in [3.63, 3.8) is 0 Å². The fourth-order valence-electron chi connectivity index (χ4n) is 3.12. The monoisotopic (exact) mass is 502 g/mol. The van der Waals surface area contributed by atoms with Crippen LogP contribution < -0.4 is 10.6 Å². The van der Waals surface area contributed by atoms with E-state index >= 15 is 0 Å². The maximum Gasteiger partial charge on any atom is 0.246 e. The Bertz CT molecular complexity index is 586. The minimum Gasteiger partial charge on any atom is -0.379 e. The summed E-state index contributed by atoms with van der Waals surface area (Å²) in [6, 6.07) is 0. The zero-order valence-corrected chi connectivity index (χ0v) is 21.9. The van der Waals surface area contributed by atoms with Crippen LogP contribution in [-0.4, -0.2) is 89.3 Å². The molecule has 0 radical (unpaired) electrons. The molecule has 2 amide bonds. The van der Waals surface area contributed by atoms with Gasteiger partial charge in [-0.1, -0.05) is 20.3 Å². The van der Waals surface area contributed by atoms with Crippen molar-refractivity contribution in [2.24, 2.45) is 5.92 Å². The van der Waals surface area contributed by atoms with Gasteiger partial charge in [-0.3, -0.25) is 19.2 Å². The van der Waals surface area contributed by atoms with Gasteiger partial charge in [0.05, 0.1) is 33.0 Å². The third kappa shape index (κ3) is 22.3. The highest BCUT2D eigenvalue weighted by Gasteiger charge is 2.10. The number of hydrogen-bond acceptors (Lipinski definition) is 8. The minimum absolute atomic E-state index is 0.0248. The van der Waals surface area contributed by atoms with Crippen molar-refractivity contribution in [1.29, 1.82) is 0 Å². The number of hydrogen-bond donors (Lipinski definition) is 2. The standard InChI is InChI=1S/C25H46N2O8/c1-4-22(21(3)28)9-6-7-11-26-24(30)19-35-18-16-33-14-12-27-25(31)20-34-17-15-32-13-8-10-23(29)5-2/h22H,4-20H2,1-3H3,(H,26,30)(H,27,31)/t22-/m0/s1. The van der Waals surface area contributed by atoms with E-state index in [0.29, 0.717) is 65.4 Å². The number of carbonyl (C=O) groups is 4. The third-order valence-electron chi connectivity index (χ3n) is 5.29. The van der Waals surface area contributed by atoms with Gasteiger partial charge >= 0.3 is 0 Å². The molecule has 0 bridgehead atoms. The van der Waals surface area contributed by atoms with Gasteiger partial charge in [-0.05, 0) is 32.6 Å². The summed E-state index contributed by atoms with van der Waals surface area (Å²) in [7, 11) is 0. The zero-order valence-electron chi connectivity index (χ0n) is 21.9. The van der Waals surface area contributed by atoms with Gasteiger partial charge in [0.25, 0.3) is 0 Å². The molecule has 0 aliphatic carbocycles. The number of Topliss-reactive ketones (excluding diaryl/α,β-unsaturated/α-hetero) is 2. The highest BCUT2D eigenvalue weighted by Crippen LogP contribution is 2.13. The Labute approximate surface area is 210 Å². The molecule has 0 aromatic carbocycles. The first-order valence-electron chi connectivity index (χ1n) is 12.8. The van der Waals surface area contributed by atoms with Crippen LogP contribution in [0.5, 0.6) is 0 Å². The SMILES string of the molecule is CCC(=O)CCCOCCOCC(=O)NCCOCCOCC(=O)NCCCC[C@H](CC)C(C)=O. The Morgan fingerprint density at radius 2 is 1.26 bits per heavy atom. The molecule has 1 atom stereocenters. The summed E-state index contributed by atoms with van der Waals surface area (Å²) >= 11 is 0. The fraction of sp³-hybridized carbons (Fsp3) is 0.840. The molecular weight excluding hydrogens is 456 g/mol. The van der Waals surface area contributed by atoms with E-state index in [1.54, 1.807) is 6.92 Å². The summed E-state index contributed by atoms with van der Waals surface area (Å²) < 4.78 is 21.2. The Kier molecular flexibility index (Phi) is 22.6. The molecular formula is C25H46N2O8. The van der Waals surface area contributed by atoms with Crippen molar-refractivity contribution in [3.05, 3.63) is 0 Å². The van der Waals surface area contributed by atoms with E-state index in [2.05, 4.69) is 10.6 Å². The average molecular weight is 503 g/mol. The van der Waals surface area contributed by atoms with E-state index in [0.717, 1.165) is 25.7 Å². The van der Waals surface area contributed by atoms with Crippen LogP contribution in [0.4, 0.5) is 0 Å². The summed E-state index contributed by atoms with van der Waals surface area (Å²) in [4.78, 5) is 45.9. The molecule has 10 heteroatoms. The lowest BCUT2D eigenvalue weighted by atomic mass is 9.95. The van der Waals surface area contributed by atoms with Gasteiger partial charge in [0.15, 0.2) is 0 Å². The van der Waals surface area contributed by atoms with Crippen LogP contribution in [0.1, 0.15) is 65.7 Å². The summed E-state index contributed by atoms with van der Waals surface area (Å²) in [6.07, 6.45) is 5.27. The largest absolute Gasteiger partial charge is 0.379 e. The molecule has 0 aromatic rings. The number of ketones is 2. The number of nitrogens with one attached hydrogen (secondary N) is 2. The lowest BCUT2D eigenvalue weighted by Gasteiger charge is -2.11. The Hall–Kier alpha value is -1.88. The molecule has 0 unspecified atom stereocenters. The number of ether oxygens (including phenoxy) is 4. The van der Waals surface area contributed by atoms with Gasteiger partial charge in [0.2, 0.25) is 11.8 Å². The molecule has 0 aliphatic rings. The molecule has 0 saturated carbocycles. The summed E-state index contributed by atoms with van der Waals surface area (Å²) in [5.41, 5.74) is 0. The second-order valence-electron chi connectivity index (χ2n) is 8.24. The second kappa shape index (κ2) is 23.8. The first kappa shape index (κ1) is 33.1. The molecule has 0 rings (SSSR count). The van der Waals surface area contributed by atoms with Crippen LogP contribution in [0.3, 0.4) is 0 Å². The molecule has 0 spiro atoms. The van der Waals surface area contributed by atoms with Crippen molar-refractivity contribution >= 4 is 23.4 Å². The van der Waals surface area contributed by atoms with Gasteiger partial charge in [0, 0.05) is 38.5 Å². The topological polar surface area (TPSA) is 129 Å². The van der Waals surface area contributed by atoms with Crippen molar-refractivity contribution in [2.45, 2.75) is 65.7 Å². The summed E-state index contributed by atoms with van der Waals surface area (Å²) in [5, 5.41) is 5.48. The molecule has 0 heterocycles. The number of rotatable bonds is 25. The molecule has 204 valence electrons. The minimum atomic E-state index is -0.235. The first-order valence-corrected chi connectivity index (χ1v) is 12.8. The Morgan fingerprint density at radius 3 is 1.83 bits per heavy atom. The predicted octanol–water partition coefficient (Wildman–Crippen LogP) is 1.83. The Balaban J connectivity index is 3.39. The van der Waals surface area contributed by atoms with Crippen molar-refractivity contribution in [1.82, 2.24) is 10.6 Å². The van der Waals surface area contributed by atoms with E-state index in [4.69, 9.17) is 18.9 Å². The van der Waals surface area contributed by atoms with E-state index < -0.39 is 0 Å². The highest BCUT2D eigenvalue weighted by molar-refractivity contribution is 5.78. The smallest absolute Gasteiger partial charge is 0.246 e. The lowest BCUT2D eigenvalue weighted by Crippen LogP contribution is -2.31.